The number of hydrogen-bond donors (Lipinski definition) is 3. The van der Waals surface area contributed by atoms with Crippen molar-refractivity contribution in [3.05, 3.63) is 20.4 Å². The first-order valence-electron chi connectivity index (χ1n) is 8.43. The lowest BCUT2D eigenvalue weighted by Gasteiger charge is -2.28. The van der Waals surface area contributed by atoms with E-state index in [2.05, 4.69) is 20.4 Å². The highest BCUT2D eigenvalue weighted by Gasteiger charge is 2.21. The molecular weight excluding hydrogens is 312 g/mol. The van der Waals surface area contributed by atoms with Crippen LogP contribution in [-0.2, 0) is 4.74 Å². The third-order valence-electron chi connectivity index (χ3n) is 4.08. The first-order valence-corrected chi connectivity index (χ1v) is 8.43. The Kier molecular flexibility index (Phi) is 7.16. The van der Waals surface area contributed by atoms with E-state index in [0.717, 1.165) is 26.1 Å². The maximum Gasteiger partial charge on any atom is 0.253 e. The fourth-order valence-electron chi connectivity index (χ4n) is 2.70. The molecule has 2 rings (SSSR count). The zero-order valence-corrected chi connectivity index (χ0v) is 14.5. The minimum atomic E-state index is -0.603. The molecule has 8 heteroatoms. The lowest BCUT2D eigenvalue weighted by Crippen LogP contribution is -2.44. The van der Waals surface area contributed by atoms with Gasteiger partial charge in [0.25, 0.3) is 10.9 Å². The van der Waals surface area contributed by atoms with Crippen LogP contribution in [0.25, 0.3) is 0 Å². The van der Waals surface area contributed by atoms with E-state index in [4.69, 9.17) is 4.74 Å². The van der Waals surface area contributed by atoms with Crippen LogP contribution >= 0.6 is 0 Å². The Bertz CT molecular complexity index is 577. The predicted molar refractivity (Wildman–Crippen MR) is 94.8 cm³/mol. The number of ether oxygens (including phenoxy) is 1. The molecule has 0 aromatic heterocycles. The van der Waals surface area contributed by atoms with Crippen molar-refractivity contribution < 1.29 is 9.84 Å². The van der Waals surface area contributed by atoms with Gasteiger partial charge in [0, 0.05) is 32.7 Å². The highest BCUT2D eigenvalue weighted by atomic mass is 16.5. The maximum atomic E-state index is 11.7. The van der Waals surface area contributed by atoms with Crippen LogP contribution in [0.1, 0.15) is 6.42 Å². The van der Waals surface area contributed by atoms with Gasteiger partial charge < -0.3 is 25.4 Å². The molecule has 0 saturated carbocycles. The van der Waals surface area contributed by atoms with Gasteiger partial charge in [0.15, 0.2) is 0 Å². The zero-order valence-electron chi connectivity index (χ0n) is 14.5. The van der Waals surface area contributed by atoms with Gasteiger partial charge in [-0.3, -0.25) is 14.5 Å². The first-order chi connectivity index (χ1) is 11.5. The Hall–Kier alpha value is -1.48. The van der Waals surface area contributed by atoms with E-state index in [9.17, 15) is 14.7 Å². The minimum absolute atomic E-state index is 0.245. The van der Waals surface area contributed by atoms with Crippen molar-refractivity contribution >= 4 is 11.4 Å². The third-order valence-corrected chi connectivity index (χ3v) is 4.08. The molecule has 0 spiro atoms. The Balaban J connectivity index is 1.76. The van der Waals surface area contributed by atoms with Gasteiger partial charge in [0.05, 0.1) is 19.3 Å². The van der Waals surface area contributed by atoms with E-state index >= 15 is 0 Å². The second-order valence-corrected chi connectivity index (χ2v) is 6.44. The summed E-state index contributed by atoms with van der Waals surface area (Å²) in [6.45, 7) is 5.27. The van der Waals surface area contributed by atoms with Crippen LogP contribution in [0, 0.1) is 0 Å². The fraction of sp³-hybridized carbons (Fsp3) is 0.750. The molecule has 1 aromatic carbocycles. The van der Waals surface area contributed by atoms with Crippen LogP contribution in [-0.4, -0.2) is 87.6 Å². The Morgan fingerprint density at radius 1 is 1.17 bits per heavy atom. The number of hydrogen-bond acceptors (Lipinski definition) is 8. The smallest absolute Gasteiger partial charge is 0.253 e. The van der Waals surface area contributed by atoms with Crippen molar-refractivity contribution in [2.45, 2.75) is 12.5 Å². The summed E-state index contributed by atoms with van der Waals surface area (Å²) in [7, 11) is 3.97. The Morgan fingerprint density at radius 2 is 1.79 bits per heavy atom. The van der Waals surface area contributed by atoms with Crippen LogP contribution in [0.4, 0.5) is 11.4 Å². The molecule has 136 valence electrons. The number of nitrogens with one attached hydrogen (secondary N) is 2. The third kappa shape index (κ3) is 5.27. The topological polar surface area (TPSA) is 94.1 Å². The molecule has 1 atom stereocenters. The number of β-amino-alcohol motifs (C(OH)–C–C–N with tert-alkyl or cyclic N) is 1. The minimum Gasteiger partial charge on any atom is -0.390 e. The summed E-state index contributed by atoms with van der Waals surface area (Å²) in [6.07, 6.45) is 0.277. The number of aliphatic hydroxyl groups is 1. The highest BCUT2D eigenvalue weighted by molar-refractivity contribution is 5.73. The number of morpholine rings is 1. The summed E-state index contributed by atoms with van der Waals surface area (Å²) in [5.41, 5.74) is -0.350. The molecule has 0 aliphatic carbocycles. The molecule has 1 fully saturated rings. The van der Waals surface area contributed by atoms with Crippen molar-refractivity contribution in [3.8, 4) is 0 Å². The van der Waals surface area contributed by atoms with Gasteiger partial charge in [-0.05, 0) is 27.1 Å². The summed E-state index contributed by atoms with van der Waals surface area (Å²) in [4.78, 5) is 27.5. The van der Waals surface area contributed by atoms with Crippen LogP contribution < -0.4 is 21.5 Å². The summed E-state index contributed by atoms with van der Waals surface area (Å²) in [6, 6.07) is 0. The summed E-state index contributed by atoms with van der Waals surface area (Å²) < 4.78 is 5.27. The van der Waals surface area contributed by atoms with Crippen molar-refractivity contribution in [3.63, 3.8) is 0 Å². The average molecular weight is 340 g/mol. The Morgan fingerprint density at radius 3 is 2.42 bits per heavy atom. The summed E-state index contributed by atoms with van der Waals surface area (Å²) >= 11 is 0. The fourth-order valence-corrected chi connectivity index (χ4v) is 2.70. The predicted octanol–water partition coefficient (Wildman–Crippen LogP) is -1.25. The van der Waals surface area contributed by atoms with E-state index in [1.807, 2.05) is 14.1 Å². The molecule has 8 nitrogen and oxygen atoms in total. The molecule has 0 amide bonds. The van der Waals surface area contributed by atoms with Crippen LogP contribution in [0.3, 0.4) is 0 Å². The van der Waals surface area contributed by atoms with Gasteiger partial charge in [-0.15, -0.1) is 0 Å². The van der Waals surface area contributed by atoms with E-state index in [-0.39, 0.29) is 6.54 Å². The molecule has 1 aromatic rings. The number of anilines is 2. The molecule has 1 aliphatic rings. The van der Waals surface area contributed by atoms with E-state index in [1.165, 1.54) is 0 Å². The van der Waals surface area contributed by atoms with Gasteiger partial charge in [-0.25, -0.2) is 0 Å². The number of nitrogens with zero attached hydrogens (tertiary/aromatic N) is 2. The average Bonchev–Trinajstić information content (AvgIpc) is 2.56. The summed E-state index contributed by atoms with van der Waals surface area (Å²) in [5, 5.41) is 16.0. The lowest BCUT2D eigenvalue weighted by atomic mass is 10.1. The van der Waals surface area contributed by atoms with Crippen LogP contribution in [0.2, 0.25) is 0 Å². The quantitative estimate of drug-likeness (QED) is 0.359. The normalized spacial score (nSPS) is 17.3. The largest absolute Gasteiger partial charge is 0.390 e. The van der Waals surface area contributed by atoms with Gasteiger partial charge in [-0.2, -0.15) is 0 Å². The van der Waals surface area contributed by atoms with Gasteiger partial charge >= 0.3 is 0 Å². The van der Waals surface area contributed by atoms with Crippen molar-refractivity contribution in [1.29, 1.82) is 0 Å². The number of rotatable bonds is 10. The van der Waals surface area contributed by atoms with Crippen molar-refractivity contribution in [1.82, 2.24) is 9.80 Å². The summed E-state index contributed by atoms with van der Waals surface area (Å²) in [5.74, 6) is 0. The number of aliphatic hydroxyl groups excluding tert-OH is 1. The monoisotopic (exact) mass is 340 g/mol. The highest BCUT2D eigenvalue weighted by Crippen LogP contribution is 2.14. The molecule has 0 radical (unpaired) electrons. The molecule has 24 heavy (non-hydrogen) atoms. The second kappa shape index (κ2) is 9.12. The molecule has 3 N–H and O–H groups in total. The van der Waals surface area contributed by atoms with E-state index in [0.29, 0.717) is 37.7 Å². The van der Waals surface area contributed by atoms with Gasteiger partial charge in [0.2, 0.25) is 0 Å². The lowest BCUT2D eigenvalue weighted by molar-refractivity contribution is 0.0171. The van der Waals surface area contributed by atoms with Crippen LogP contribution in [0.5, 0.6) is 0 Å². The first kappa shape index (κ1) is 18.9. The van der Waals surface area contributed by atoms with Crippen molar-refractivity contribution in [2.75, 3.05) is 77.2 Å². The molecule has 1 saturated heterocycles. The van der Waals surface area contributed by atoms with E-state index < -0.39 is 17.0 Å². The van der Waals surface area contributed by atoms with Crippen molar-refractivity contribution in [2.24, 2.45) is 0 Å². The Labute approximate surface area is 142 Å². The standard InChI is InChI=1S/C16H28N4O4/c1-19(2)5-3-4-17-13-14(16(23)15(13)22)18-10-12(21)11-20-6-8-24-9-7-20/h12,17-18,21H,3-11H2,1-2H3/t12-/m1/s1. The SMILES string of the molecule is CN(C)CCCNc1c(NC[C@@H](O)CN2CCOCC2)c(=O)c1=O. The molecule has 0 unspecified atom stereocenters. The zero-order chi connectivity index (χ0) is 17.5. The van der Waals surface area contributed by atoms with Crippen LogP contribution in [0.15, 0.2) is 9.59 Å². The maximum absolute atomic E-state index is 11.7. The molecule has 1 heterocycles. The van der Waals surface area contributed by atoms with E-state index in [1.54, 1.807) is 0 Å². The second-order valence-electron chi connectivity index (χ2n) is 6.44. The molecule has 0 bridgehead atoms. The van der Waals surface area contributed by atoms with Gasteiger partial charge in [0.1, 0.15) is 11.4 Å². The van der Waals surface area contributed by atoms with Gasteiger partial charge in [-0.1, -0.05) is 0 Å². The molecule has 1 aliphatic heterocycles. The molecular formula is C16H28N4O4.